The molecule has 1 aliphatic heterocycles. The Balaban J connectivity index is 2.10. The van der Waals surface area contributed by atoms with E-state index in [0.717, 1.165) is 12.0 Å². The second-order valence-corrected chi connectivity index (χ2v) is 7.48. The first-order valence-electron chi connectivity index (χ1n) is 10.7. The van der Waals surface area contributed by atoms with Crippen molar-refractivity contribution in [3.63, 3.8) is 0 Å². The van der Waals surface area contributed by atoms with Crippen LogP contribution in [0.4, 0.5) is 0 Å². The number of hydrogen-bond acceptors (Lipinski definition) is 6. The van der Waals surface area contributed by atoms with E-state index in [2.05, 4.69) is 0 Å². The first-order valence-corrected chi connectivity index (χ1v) is 10.7. The molecule has 7 nitrogen and oxygen atoms in total. The molecule has 1 atom stereocenters. The Labute approximate surface area is 188 Å². The minimum absolute atomic E-state index is 0.0536. The SMILES string of the molecule is CCCOc1ccc(C2/C(=C(/O)c3ccc(OC)c(OC)c3)C(=O)C(=O)N2CCC)cc1. The number of Topliss-reactive ketones (excluding diaryl/α,β-unsaturated/α-hetero) is 1. The van der Waals surface area contributed by atoms with Crippen molar-refractivity contribution >= 4 is 17.4 Å². The number of nitrogens with zero attached hydrogens (tertiary/aromatic N) is 1. The molecule has 3 rings (SSSR count). The van der Waals surface area contributed by atoms with Gasteiger partial charge in [0.15, 0.2) is 11.5 Å². The number of hydrogen-bond donors (Lipinski definition) is 1. The highest BCUT2D eigenvalue weighted by Gasteiger charge is 2.45. The summed E-state index contributed by atoms with van der Waals surface area (Å²) in [5.74, 6) is 0.0393. The standard InChI is InChI=1S/C25H29NO6/c1-5-13-26-22(16-7-10-18(11-8-16)32-14-6-2)21(24(28)25(26)29)23(27)17-9-12-19(30-3)20(15-17)31-4/h7-12,15,22,27H,5-6,13-14H2,1-4H3/b23-21-. The monoisotopic (exact) mass is 439 g/mol. The van der Waals surface area contributed by atoms with Crippen LogP contribution in [0, 0.1) is 0 Å². The largest absolute Gasteiger partial charge is 0.507 e. The van der Waals surface area contributed by atoms with E-state index in [9.17, 15) is 14.7 Å². The van der Waals surface area contributed by atoms with Crippen LogP contribution in [-0.2, 0) is 9.59 Å². The van der Waals surface area contributed by atoms with Crippen LogP contribution in [0.2, 0.25) is 0 Å². The number of benzene rings is 2. The lowest BCUT2D eigenvalue weighted by atomic mass is 9.95. The van der Waals surface area contributed by atoms with E-state index in [1.807, 2.05) is 38.1 Å². The molecule has 170 valence electrons. The predicted molar refractivity (Wildman–Crippen MR) is 121 cm³/mol. The Hall–Kier alpha value is -3.48. The normalized spacial score (nSPS) is 17.5. The molecule has 0 aliphatic carbocycles. The van der Waals surface area contributed by atoms with Gasteiger partial charge in [0.1, 0.15) is 11.5 Å². The molecule has 2 aromatic rings. The van der Waals surface area contributed by atoms with Crippen molar-refractivity contribution in [1.82, 2.24) is 4.90 Å². The Kier molecular flexibility index (Phi) is 7.41. The molecule has 1 N–H and O–H groups in total. The molecule has 0 spiro atoms. The highest BCUT2D eigenvalue weighted by atomic mass is 16.5. The van der Waals surface area contributed by atoms with Gasteiger partial charge in [-0.05, 0) is 48.7 Å². The van der Waals surface area contributed by atoms with Gasteiger partial charge in [0.2, 0.25) is 0 Å². The average molecular weight is 440 g/mol. The third-order valence-corrected chi connectivity index (χ3v) is 5.33. The Morgan fingerprint density at radius 2 is 1.66 bits per heavy atom. The molecule has 1 heterocycles. The van der Waals surface area contributed by atoms with E-state index in [0.29, 0.717) is 42.4 Å². The summed E-state index contributed by atoms with van der Waals surface area (Å²) in [7, 11) is 3.01. The highest BCUT2D eigenvalue weighted by molar-refractivity contribution is 6.46. The van der Waals surface area contributed by atoms with E-state index in [1.165, 1.54) is 19.1 Å². The van der Waals surface area contributed by atoms with Crippen molar-refractivity contribution in [3.8, 4) is 17.2 Å². The number of carbonyl (C=O) groups excluding carboxylic acids is 2. The van der Waals surface area contributed by atoms with Crippen LogP contribution >= 0.6 is 0 Å². The summed E-state index contributed by atoms with van der Waals surface area (Å²) in [5, 5.41) is 11.1. The minimum atomic E-state index is -0.706. The van der Waals surface area contributed by atoms with E-state index in [1.54, 1.807) is 18.2 Å². The zero-order chi connectivity index (χ0) is 23.3. The molecule has 2 aromatic carbocycles. The number of rotatable bonds is 9. The summed E-state index contributed by atoms with van der Waals surface area (Å²) in [6.07, 6.45) is 1.57. The third-order valence-electron chi connectivity index (χ3n) is 5.33. The molecule has 0 bridgehead atoms. The molecule has 0 radical (unpaired) electrons. The van der Waals surface area contributed by atoms with Crippen molar-refractivity contribution in [2.24, 2.45) is 0 Å². The van der Waals surface area contributed by atoms with Crippen molar-refractivity contribution in [2.45, 2.75) is 32.7 Å². The number of amides is 1. The van der Waals surface area contributed by atoms with E-state index in [-0.39, 0.29) is 11.3 Å². The van der Waals surface area contributed by atoms with Crippen LogP contribution in [0.25, 0.3) is 5.76 Å². The van der Waals surface area contributed by atoms with Crippen LogP contribution in [0.15, 0.2) is 48.0 Å². The predicted octanol–water partition coefficient (Wildman–Crippen LogP) is 4.32. The summed E-state index contributed by atoms with van der Waals surface area (Å²) in [4.78, 5) is 27.3. The number of ketones is 1. The van der Waals surface area contributed by atoms with Gasteiger partial charge in [0.05, 0.1) is 32.4 Å². The van der Waals surface area contributed by atoms with Gasteiger partial charge < -0.3 is 24.2 Å². The zero-order valence-corrected chi connectivity index (χ0v) is 18.9. The molecule has 0 saturated carbocycles. The molecule has 1 aliphatic rings. The summed E-state index contributed by atoms with van der Waals surface area (Å²) >= 11 is 0. The summed E-state index contributed by atoms with van der Waals surface area (Å²) in [6.45, 7) is 4.96. The van der Waals surface area contributed by atoms with Gasteiger partial charge in [0.25, 0.3) is 11.7 Å². The fourth-order valence-electron chi connectivity index (χ4n) is 3.80. The molecular formula is C25H29NO6. The van der Waals surface area contributed by atoms with Gasteiger partial charge in [0, 0.05) is 12.1 Å². The zero-order valence-electron chi connectivity index (χ0n) is 18.9. The molecule has 1 unspecified atom stereocenters. The summed E-state index contributed by atoms with van der Waals surface area (Å²) in [5.41, 5.74) is 1.14. The van der Waals surface area contributed by atoms with Gasteiger partial charge in [-0.25, -0.2) is 0 Å². The molecule has 1 fully saturated rings. The number of aliphatic hydroxyl groups is 1. The molecule has 7 heteroatoms. The molecular weight excluding hydrogens is 410 g/mol. The number of carbonyl (C=O) groups is 2. The first kappa shape index (κ1) is 23.2. The molecule has 32 heavy (non-hydrogen) atoms. The second kappa shape index (κ2) is 10.2. The Morgan fingerprint density at radius 3 is 2.25 bits per heavy atom. The number of methoxy groups -OCH3 is 2. The number of ether oxygens (including phenoxy) is 3. The lowest BCUT2D eigenvalue weighted by molar-refractivity contribution is -0.139. The average Bonchev–Trinajstić information content (AvgIpc) is 3.07. The maximum Gasteiger partial charge on any atom is 0.295 e. The van der Waals surface area contributed by atoms with Crippen LogP contribution in [0.5, 0.6) is 17.2 Å². The van der Waals surface area contributed by atoms with Crippen LogP contribution in [0.3, 0.4) is 0 Å². The van der Waals surface area contributed by atoms with Crippen molar-refractivity contribution < 1.29 is 28.9 Å². The van der Waals surface area contributed by atoms with E-state index >= 15 is 0 Å². The van der Waals surface area contributed by atoms with Gasteiger partial charge in [-0.1, -0.05) is 26.0 Å². The summed E-state index contributed by atoms with van der Waals surface area (Å²) in [6, 6.07) is 11.4. The summed E-state index contributed by atoms with van der Waals surface area (Å²) < 4.78 is 16.2. The fourth-order valence-corrected chi connectivity index (χ4v) is 3.80. The smallest absolute Gasteiger partial charge is 0.295 e. The first-order chi connectivity index (χ1) is 15.5. The van der Waals surface area contributed by atoms with Gasteiger partial charge in [-0.3, -0.25) is 9.59 Å². The lowest BCUT2D eigenvalue weighted by Crippen LogP contribution is -2.30. The Morgan fingerprint density at radius 1 is 0.969 bits per heavy atom. The topological polar surface area (TPSA) is 85.3 Å². The van der Waals surface area contributed by atoms with Gasteiger partial charge in [-0.15, -0.1) is 0 Å². The van der Waals surface area contributed by atoms with Crippen LogP contribution in [-0.4, -0.2) is 49.1 Å². The third kappa shape index (κ3) is 4.42. The van der Waals surface area contributed by atoms with Crippen molar-refractivity contribution in [3.05, 3.63) is 59.2 Å². The van der Waals surface area contributed by atoms with Crippen LogP contribution in [0.1, 0.15) is 43.9 Å². The van der Waals surface area contributed by atoms with Crippen molar-refractivity contribution in [2.75, 3.05) is 27.4 Å². The second-order valence-electron chi connectivity index (χ2n) is 7.48. The molecule has 0 aromatic heterocycles. The highest BCUT2D eigenvalue weighted by Crippen LogP contribution is 2.41. The fraction of sp³-hybridized carbons (Fsp3) is 0.360. The van der Waals surface area contributed by atoms with Crippen LogP contribution < -0.4 is 14.2 Å². The maximum atomic E-state index is 13.0. The van der Waals surface area contributed by atoms with Gasteiger partial charge >= 0.3 is 0 Å². The maximum absolute atomic E-state index is 13.0. The Bertz CT molecular complexity index is 1010. The minimum Gasteiger partial charge on any atom is -0.507 e. The lowest BCUT2D eigenvalue weighted by Gasteiger charge is -2.25. The number of likely N-dealkylation sites (tertiary alicyclic amines) is 1. The van der Waals surface area contributed by atoms with Gasteiger partial charge in [-0.2, -0.15) is 0 Å². The van der Waals surface area contributed by atoms with Crippen molar-refractivity contribution in [1.29, 1.82) is 0 Å². The number of aliphatic hydroxyl groups excluding tert-OH is 1. The quantitative estimate of drug-likeness (QED) is 0.356. The van der Waals surface area contributed by atoms with E-state index in [4.69, 9.17) is 14.2 Å². The van der Waals surface area contributed by atoms with E-state index < -0.39 is 17.7 Å². The molecule has 1 saturated heterocycles. The molecule has 1 amide bonds.